The summed E-state index contributed by atoms with van der Waals surface area (Å²) in [4.78, 5) is 42.0. The van der Waals surface area contributed by atoms with E-state index in [9.17, 15) is 14.4 Å². The minimum atomic E-state index is -0.916. The Morgan fingerprint density at radius 1 is 1.05 bits per heavy atom. The van der Waals surface area contributed by atoms with Gasteiger partial charge in [-0.15, -0.1) is 0 Å². The van der Waals surface area contributed by atoms with Gasteiger partial charge >= 0.3 is 6.09 Å². The summed E-state index contributed by atoms with van der Waals surface area (Å²) in [5, 5.41) is 6.06. The number of hydrogen-bond donors (Lipinski definition) is 2. The molecule has 7 nitrogen and oxygen atoms in total. The van der Waals surface area contributed by atoms with Crippen LogP contribution in [0.3, 0.4) is 0 Å². The first-order chi connectivity index (χ1) is 17.2. The minimum Gasteiger partial charge on any atom is -0.444 e. The summed E-state index contributed by atoms with van der Waals surface area (Å²) in [6.07, 6.45) is 0.0848. The molecular weight excluding hydrogens is 490 g/mol. The number of hydrogen-bond acceptors (Lipinski definition) is 4. The summed E-state index contributed by atoms with van der Waals surface area (Å²) in [5.41, 5.74) is 3.31. The van der Waals surface area contributed by atoms with Crippen LogP contribution in [-0.2, 0) is 14.3 Å². The van der Waals surface area contributed by atoms with Gasteiger partial charge in [0.1, 0.15) is 17.7 Å². The first-order valence-electron chi connectivity index (χ1n) is 12.6. The topological polar surface area (TPSA) is 87.7 Å². The number of anilines is 1. The first kappa shape index (κ1) is 28.5. The van der Waals surface area contributed by atoms with Crippen LogP contribution in [0.25, 0.3) is 0 Å². The fourth-order valence-corrected chi connectivity index (χ4v) is 4.68. The van der Waals surface area contributed by atoms with Gasteiger partial charge in [0, 0.05) is 6.04 Å². The molecule has 1 aliphatic rings. The van der Waals surface area contributed by atoms with Crippen LogP contribution in [0.1, 0.15) is 69.3 Å². The van der Waals surface area contributed by atoms with Crippen molar-refractivity contribution in [3.05, 3.63) is 63.7 Å². The Morgan fingerprint density at radius 2 is 1.65 bits per heavy atom. The normalized spacial score (nSPS) is 18.4. The predicted octanol–water partition coefficient (Wildman–Crippen LogP) is 6.10. The summed E-state index contributed by atoms with van der Waals surface area (Å²) in [6.45, 7) is 14.7. The predicted molar refractivity (Wildman–Crippen MR) is 147 cm³/mol. The first-order valence-corrected chi connectivity index (χ1v) is 13.0. The lowest BCUT2D eigenvalue weighted by Gasteiger charge is -2.35. The van der Waals surface area contributed by atoms with E-state index in [1.54, 1.807) is 38.7 Å². The zero-order valence-electron chi connectivity index (χ0n) is 22.9. The third-order valence-corrected chi connectivity index (χ3v) is 7.04. The molecule has 0 aromatic heterocycles. The minimum absolute atomic E-state index is 0.140. The van der Waals surface area contributed by atoms with Crippen molar-refractivity contribution in [2.45, 2.75) is 85.5 Å². The highest BCUT2D eigenvalue weighted by Gasteiger charge is 2.48. The molecule has 3 amide bonds. The number of nitrogens with zero attached hydrogens (tertiary/aromatic N) is 1. The van der Waals surface area contributed by atoms with E-state index in [-0.39, 0.29) is 23.8 Å². The lowest BCUT2D eigenvalue weighted by molar-refractivity contribution is -0.141. The molecule has 0 saturated heterocycles. The SMILES string of the molecule is Cc1cccc(C(C(=O)Nc2c(C)cccc2Cl)N(C(=O)C(C)NC(=O)OC(C)(C)C)C2CC2C)c1C. The molecule has 3 rings (SSSR count). The van der Waals surface area contributed by atoms with Gasteiger partial charge in [-0.1, -0.05) is 48.9 Å². The van der Waals surface area contributed by atoms with E-state index >= 15 is 0 Å². The monoisotopic (exact) mass is 527 g/mol. The molecule has 0 heterocycles. The lowest BCUT2D eigenvalue weighted by atomic mass is 9.94. The van der Waals surface area contributed by atoms with Crippen LogP contribution in [0, 0.1) is 26.7 Å². The van der Waals surface area contributed by atoms with Crippen molar-refractivity contribution in [3.8, 4) is 0 Å². The van der Waals surface area contributed by atoms with E-state index in [4.69, 9.17) is 16.3 Å². The van der Waals surface area contributed by atoms with Crippen LogP contribution in [-0.4, -0.2) is 40.5 Å². The number of nitrogens with one attached hydrogen (secondary N) is 2. The highest BCUT2D eigenvalue weighted by atomic mass is 35.5. The van der Waals surface area contributed by atoms with Crippen molar-refractivity contribution >= 4 is 35.2 Å². The van der Waals surface area contributed by atoms with Crippen LogP contribution in [0.15, 0.2) is 36.4 Å². The average Bonchev–Trinajstić information content (AvgIpc) is 3.50. The van der Waals surface area contributed by atoms with Crippen LogP contribution in [0.4, 0.5) is 10.5 Å². The Morgan fingerprint density at radius 3 is 2.22 bits per heavy atom. The van der Waals surface area contributed by atoms with E-state index in [1.165, 1.54) is 0 Å². The zero-order valence-corrected chi connectivity index (χ0v) is 23.7. The van der Waals surface area contributed by atoms with Gasteiger partial charge in [0.25, 0.3) is 5.91 Å². The van der Waals surface area contributed by atoms with Crippen molar-refractivity contribution in [2.75, 3.05) is 5.32 Å². The molecule has 0 bridgehead atoms. The van der Waals surface area contributed by atoms with Crippen LogP contribution in [0.2, 0.25) is 5.02 Å². The summed E-state index contributed by atoms with van der Waals surface area (Å²) >= 11 is 6.42. The molecule has 0 spiro atoms. The van der Waals surface area contributed by atoms with Crippen LogP contribution in [0.5, 0.6) is 0 Å². The van der Waals surface area contributed by atoms with Crippen molar-refractivity contribution in [3.63, 3.8) is 0 Å². The third kappa shape index (κ3) is 6.83. The highest BCUT2D eigenvalue weighted by Crippen LogP contribution is 2.42. The average molecular weight is 528 g/mol. The van der Waals surface area contributed by atoms with Crippen molar-refractivity contribution in [1.82, 2.24) is 10.2 Å². The highest BCUT2D eigenvalue weighted by molar-refractivity contribution is 6.34. The Bertz CT molecular complexity index is 1170. The molecule has 4 atom stereocenters. The summed E-state index contributed by atoms with van der Waals surface area (Å²) in [6, 6.07) is 9.20. The molecule has 0 radical (unpaired) electrons. The summed E-state index contributed by atoms with van der Waals surface area (Å²) < 4.78 is 5.35. The summed E-state index contributed by atoms with van der Waals surface area (Å²) in [5.74, 6) is -0.487. The Hall–Kier alpha value is -3.06. The second-order valence-corrected chi connectivity index (χ2v) is 11.4. The number of alkyl carbamates (subject to hydrolysis) is 1. The van der Waals surface area contributed by atoms with Crippen molar-refractivity contribution in [2.24, 2.45) is 5.92 Å². The fraction of sp³-hybridized carbons (Fsp3) is 0.483. The molecule has 200 valence electrons. The lowest BCUT2D eigenvalue weighted by Crippen LogP contribution is -2.52. The van der Waals surface area contributed by atoms with Crippen LogP contribution >= 0.6 is 11.6 Å². The van der Waals surface area contributed by atoms with E-state index in [0.717, 1.165) is 28.7 Å². The third-order valence-electron chi connectivity index (χ3n) is 6.72. The number of aryl methyl sites for hydroxylation is 2. The quantitative estimate of drug-likeness (QED) is 0.455. The molecule has 1 aliphatic carbocycles. The smallest absolute Gasteiger partial charge is 0.408 e. The van der Waals surface area contributed by atoms with Gasteiger partial charge in [0.15, 0.2) is 0 Å². The molecule has 2 N–H and O–H groups in total. The number of carbonyl (C=O) groups is 3. The maximum atomic E-state index is 14.0. The largest absolute Gasteiger partial charge is 0.444 e. The number of ether oxygens (including phenoxy) is 1. The van der Waals surface area contributed by atoms with Gasteiger partial charge in [0.2, 0.25) is 5.91 Å². The molecule has 4 unspecified atom stereocenters. The molecule has 8 heteroatoms. The summed E-state index contributed by atoms with van der Waals surface area (Å²) in [7, 11) is 0. The van der Waals surface area contributed by atoms with E-state index in [2.05, 4.69) is 10.6 Å². The number of amides is 3. The standard InChI is InChI=1S/C29H38ClN3O4/c1-16-11-9-13-21(19(16)4)25(26(34)32-24-17(2)12-10-14-22(24)30)33(23-15-18(23)3)27(35)20(5)31-28(36)37-29(6,7)8/h9-14,18,20,23,25H,15H2,1-8H3,(H,31,36)(H,32,34). The van der Waals surface area contributed by atoms with Gasteiger partial charge in [-0.3, -0.25) is 9.59 Å². The van der Waals surface area contributed by atoms with E-state index in [0.29, 0.717) is 10.7 Å². The molecule has 1 saturated carbocycles. The Labute approximate surface area is 224 Å². The number of para-hydroxylation sites is 1. The zero-order chi connectivity index (χ0) is 27.7. The maximum absolute atomic E-state index is 14.0. The number of benzene rings is 2. The van der Waals surface area contributed by atoms with Crippen molar-refractivity contribution < 1.29 is 19.1 Å². The molecule has 37 heavy (non-hydrogen) atoms. The Kier molecular flexibility index (Phi) is 8.58. The molecule has 0 aliphatic heterocycles. The second kappa shape index (κ2) is 11.1. The van der Waals surface area contributed by atoms with Crippen LogP contribution < -0.4 is 10.6 Å². The Balaban J connectivity index is 2.03. The fourth-order valence-electron chi connectivity index (χ4n) is 4.41. The molecule has 2 aromatic carbocycles. The van der Waals surface area contributed by atoms with Gasteiger partial charge < -0.3 is 20.3 Å². The number of halogens is 1. The number of rotatable bonds is 7. The molecule has 2 aromatic rings. The van der Waals surface area contributed by atoms with Gasteiger partial charge in [0.05, 0.1) is 10.7 Å². The van der Waals surface area contributed by atoms with Gasteiger partial charge in [-0.05, 0) is 89.1 Å². The maximum Gasteiger partial charge on any atom is 0.408 e. The van der Waals surface area contributed by atoms with E-state index < -0.39 is 23.8 Å². The second-order valence-electron chi connectivity index (χ2n) is 11.0. The number of carbonyl (C=O) groups excluding carboxylic acids is 3. The van der Waals surface area contributed by atoms with Gasteiger partial charge in [-0.2, -0.15) is 0 Å². The van der Waals surface area contributed by atoms with E-state index in [1.807, 2.05) is 58.0 Å². The van der Waals surface area contributed by atoms with Gasteiger partial charge in [-0.25, -0.2) is 4.79 Å². The van der Waals surface area contributed by atoms with Crippen molar-refractivity contribution in [1.29, 1.82) is 0 Å². The molecule has 1 fully saturated rings. The molecular formula is C29H38ClN3O4.